The zero-order valence-electron chi connectivity index (χ0n) is 8.57. The lowest BCUT2D eigenvalue weighted by Crippen LogP contribution is -2.20. The van der Waals surface area contributed by atoms with Crippen LogP contribution < -0.4 is 0 Å². The number of thiophene rings is 1. The highest BCUT2D eigenvalue weighted by molar-refractivity contribution is 7.11. The van der Waals surface area contributed by atoms with Crippen LogP contribution in [0.2, 0.25) is 0 Å². The number of hydrogen-bond donors (Lipinski definition) is 1. The van der Waals surface area contributed by atoms with Crippen molar-refractivity contribution in [2.45, 2.75) is 19.9 Å². The summed E-state index contributed by atoms with van der Waals surface area (Å²) in [7, 11) is 0. The second-order valence-corrected chi connectivity index (χ2v) is 5.46. The summed E-state index contributed by atoms with van der Waals surface area (Å²) < 4.78 is 0. The van der Waals surface area contributed by atoms with Gasteiger partial charge in [0, 0.05) is 29.5 Å². The van der Waals surface area contributed by atoms with Gasteiger partial charge in [-0.3, -0.25) is 4.90 Å². The molecule has 3 heteroatoms. The van der Waals surface area contributed by atoms with Gasteiger partial charge in [-0.2, -0.15) is 0 Å². The van der Waals surface area contributed by atoms with Crippen molar-refractivity contribution in [1.82, 2.24) is 4.90 Å². The van der Waals surface area contributed by atoms with Crippen LogP contribution in [0, 0.1) is 12.8 Å². The van der Waals surface area contributed by atoms with E-state index in [1.807, 2.05) is 11.3 Å². The Morgan fingerprint density at radius 3 is 3.00 bits per heavy atom. The number of hydrogen-bond acceptors (Lipinski definition) is 3. The molecular weight excluding hydrogens is 194 g/mol. The molecule has 1 aromatic rings. The van der Waals surface area contributed by atoms with Crippen LogP contribution in [0.3, 0.4) is 0 Å². The van der Waals surface area contributed by atoms with E-state index in [1.54, 1.807) is 0 Å². The topological polar surface area (TPSA) is 23.5 Å². The Hall–Kier alpha value is -0.380. The molecule has 1 aliphatic rings. The van der Waals surface area contributed by atoms with Gasteiger partial charge in [-0.05, 0) is 37.9 Å². The molecule has 1 N–H and O–H groups in total. The summed E-state index contributed by atoms with van der Waals surface area (Å²) in [5, 5.41) is 9.03. The van der Waals surface area contributed by atoms with Gasteiger partial charge in [0.05, 0.1) is 0 Å². The molecule has 78 valence electrons. The molecule has 0 unspecified atom stereocenters. The smallest absolute Gasteiger partial charge is 0.0471 e. The first-order chi connectivity index (χ1) is 6.78. The van der Waals surface area contributed by atoms with Crippen molar-refractivity contribution in [3.63, 3.8) is 0 Å². The fraction of sp³-hybridized carbons (Fsp3) is 0.636. The number of rotatable bonds is 3. The van der Waals surface area contributed by atoms with Crippen LogP contribution in [0.15, 0.2) is 12.1 Å². The second kappa shape index (κ2) is 4.43. The van der Waals surface area contributed by atoms with E-state index in [1.165, 1.54) is 9.75 Å². The van der Waals surface area contributed by atoms with Gasteiger partial charge in [0.15, 0.2) is 0 Å². The first kappa shape index (κ1) is 10.1. The Morgan fingerprint density at radius 1 is 1.57 bits per heavy atom. The minimum atomic E-state index is 0.347. The van der Waals surface area contributed by atoms with E-state index in [9.17, 15) is 0 Å². The molecular formula is C11H17NOS. The van der Waals surface area contributed by atoms with Gasteiger partial charge in [-0.1, -0.05) is 0 Å². The third-order valence-electron chi connectivity index (χ3n) is 2.80. The van der Waals surface area contributed by atoms with E-state index in [0.29, 0.717) is 12.5 Å². The first-order valence-corrected chi connectivity index (χ1v) is 5.98. The van der Waals surface area contributed by atoms with Crippen molar-refractivity contribution in [3.8, 4) is 0 Å². The maximum atomic E-state index is 9.03. The predicted molar refractivity (Wildman–Crippen MR) is 59.5 cm³/mol. The monoisotopic (exact) mass is 211 g/mol. The highest BCUT2D eigenvalue weighted by Crippen LogP contribution is 2.21. The van der Waals surface area contributed by atoms with Crippen molar-refractivity contribution in [1.29, 1.82) is 0 Å². The summed E-state index contributed by atoms with van der Waals surface area (Å²) >= 11 is 1.88. The number of aliphatic hydroxyl groups is 1. The summed E-state index contributed by atoms with van der Waals surface area (Å²) in [4.78, 5) is 5.27. The maximum Gasteiger partial charge on any atom is 0.0471 e. The molecule has 1 atom stereocenters. The lowest BCUT2D eigenvalue weighted by molar-refractivity contribution is 0.220. The Morgan fingerprint density at radius 2 is 2.43 bits per heavy atom. The van der Waals surface area contributed by atoms with Crippen molar-refractivity contribution in [3.05, 3.63) is 21.9 Å². The van der Waals surface area contributed by atoms with Crippen LogP contribution in [0.1, 0.15) is 16.2 Å². The molecule has 14 heavy (non-hydrogen) atoms. The fourth-order valence-electron chi connectivity index (χ4n) is 2.00. The molecule has 1 aromatic heterocycles. The van der Waals surface area contributed by atoms with Crippen LogP contribution in [-0.4, -0.2) is 29.7 Å². The van der Waals surface area contributed by atoms with Crippen LogP contribution in [0.25, 0.3) is 0 Å². The molecule has 2 heterocycles. The summed E-state index contributed by atoms with van der Waals surface area (Å²) in [5.41, 5.74) is 0. The van der Waals surface area contributed by atoms with Crippen molar-refractivity contribution in [2.75, 3.05) is 19.7 Å². The highest BCUT2D eigenvalue weighted by atomic mass is 32.1. The zero-order valence-corrected chi connectivity index (χ0v) is 9.39. The summed E-state index contributed by atoms with van der Waals surface area (Å²) in [5.74, 6) is 0.510. The summed E-state index contributed by atoms with van der Waals surface area (Å²) in [6.45, 7) is 5.76. The standard InChI is InChI=1S/C11H17NOS/c1-9-2-3-11(14-9)7-12-5-4-10(6-12)8-13/h2-3,10,13H,4-8H2,1H3/t10-/m1/s1. The number of likely N-dealkylation sites (tertiary alicyclic amines) is 1. The first-order valence-electron chi connectivity index (χ1n) is 5.16. The van der Waals surface area contributed by atoms with Gasteiger partial charge in [0.25, 0.3) is 0 Å². The van der Waals surface area contributed by atoms with E-state index >= 15 is 0 Å². The predicted octanol–water partition coefficient (Wildman–Crippen LogP) is 1.87. The molecule has 2 nitrogen and oxygen atoms in total. The fourth-order valence-corrected chi connectivity index (χ4v) is 2.93. The SMILES string of the molecule is Cc1ccc(CN2CC[C@@H](CO)C2)s1. The maximum absolute atomic E-state index is 9.03. The Labute approximate surface area is 89.2 Å². The number of aliphatic hydroxyl groups excluding tert-OH is 1. The molecule has 0 amide bonds. The van der Waals surface area contributed by atoms with Gasteiger partial charge >= 0.3 is 0 Å². The Kier molecular flexibility index (Phi) is 3.21. The lowest BCUT2D eigenvalue weighted by atomic mass is 10.1. The molecule has 0 aliphatic carbocycles. The van der Waals surface area contributed by atoms with Crippen LogP contribution >= 0.6 is 11.3 Å². The third-order valence-corrected chi connectivity index (χ3v) is 3.79. The van der Waals surface area contributed by atoms with Gasteiger partial charge in [0.1, 0.15) is 0 Å². The van der Waals surface area contributed by atoms with E-state index in [4.69, 9.17) is 5.11 Å². The lowest BCUT2D eigenvalue weighted by Gasteiger charge is -2.13. The van der Waals surface area contributed by atoms with Gasteiger partial charge < -0.3 is 5.11 Å². The number of nitrogens with zero attached hydrogens (tertiary/aromatic N) is 1. The molecule has 1 aliphatic heterocycles. The van der Waals surface area contributed by atoms with E-state index < -0.39 is 0 Å². The summed E-state index contributed by atoms with van der Waals surface area (Å²) in [6.07, 6.45) is 1.15. The quantitative estimate of drug-likeness (QED) is 0.825. The minimum absolute atomic E-state index is 0.347. The molecule has 0 aromatic carbocycles. The highest BCUT2D eigenvalue weighted by Gasteiger charge is 2.21. The Bertz CT molecular complexity index is 297. The molecule has 1 fully saturated rings. The van der Waals surface area contributed by atoms with Crippen LogP contribution in [-0.2, 0) is 6.54 Å². The van der Waals surface area contributed by atoms with Crippen molar-refractivity contribution in [2.24, 2.45) is 5.92 Å². The van der Waals surface area contributed by atoms with Crippen LogP contribution in [0.4, 0.5) is 0 Å². The van der Waals surface area contributed by atoms with E-state index in [-0.39, 0.29) is 0 Å². The molecule has 0 saturated carbocycles. The average Bonchev–Trinajstić information content (AvgIpc) is 2.76. The van der Waals surface area contributed by atoms with E-state index in [0.717, 1.165) is 26.1 Å². The minimum Gasteiger partial charge on any atom is -0.396 e. The zero-order chi connectivity index (χ0) is 9.97. The Balaban J connectivity index is 1.87. The normalized spacial score (nSPS) is 23.1. The van der Waals surface area contributed by atoms with Crippen molar-refractivity contribution < 1.29 is 5.11 Å². The molecule has 1 saturated heterocycles. The average molecular weight is 211 g/mol. The molecule has 0 spiro atoms. The largest absolute Gasteiger partial charge is 0.396 e. The van der Waals surface area contributed by atoms with Gasteiger partial charge in [-0.15, -0.1) is 11.3 Å². The van der Waals surface area contributed by atoms with Crippen LogP contribution in [0.5, 0.6) is 0 Å². The molecule has 0 radical (unpaired) electrons. The van der Waals surface area contributed by atoms with E-state index in [2.05, 4.69) is 24.0 Å². The molecule has 0 bridgehead atoms. The number of aryl methyl sites for hydroxylation is 1. The third kappa shape index (κ3) is 2.35. The summed E-state index contributed by atoms with van der Waals surface area (Å²) in [6, 6.07) is 4.39. The second-order valence-electron chi connectivity index (χ2n) is 4.08. The van der Waals surface area contributed by atoms with Gasteiger partial charge in [0.2, 0.25) is 0 Å². The van der Waals surface area contributed by atoms with Gasteiger partial charge in [-0.25, -0.2) is 0 Å². The van der Waals surface area contributed by atoms with Crippen molar-refractivity contribution >= 4 is 11.3 Å². The molecule has 2 rings (SSSR count).